The van der Waals surface area contributed by atoms with Crippen molar-refractivity contribution in [1.82, 2.24) is 15.3 Å². The summed E-state index contributed by atoms with van der Waals surface area (Å²) in [5, 5.41) is 3.32. The lowest BCUT2D eigenvalue weighted by Crippen LogP contribution is -2.30. The van der Waals surface area contributed by atoms with Crippen LogP contribution in [-0.4, -0.2) is 49.2 Å². The third-order valence-electron chi connectivity index (χ3n) is 3.88. The molecule has 1 aromatic rings. The average Bonchev–Trinajstić information content (AvgIpc) is 2.89. The first kappa shape index (κ1) is 11.4. The summed E-state index contributed by atoms with van der Waals surface area (Å²) >= 11 is 0. The number of rotatable bonds is 3. The molecule has 1 saturated carbocycles. The Hall–Kier alpha value is -1.69. The van der Waals surface area contributed by atoms with Crippen LogP contribution in [0.4, 0.5) is 5.82 Å². The van der Waals surface area contributed by atoms with Crippen molar-refractivity contribution in [3.05, 3.63) is 18.1 Å². The first-order chi connectivity index (χ1) is 8.74. The van der Waals surface area contributed by atoms with Crippen LogP contribution in [0.15, 0.2) is 12.4 Å². The highest BCUT2D eigenvalue weighted by atomic mass is 16.5. The fourth-order valence-corrected chi connectivity index (χ4v) is 2.84. The molecule has 2 fully saturated rings. The van der Waals surface area contributed by atoms with E-state index in [1.54, 1.807) is 6.20 Å². The lowest BCUT2D eigenvalue weighted by Gasteiger charge is -2.20. The van der Waals surface area contributed by atoms with Gasteiger partial charge < -0.3 is 15.0 Å². The predicted octanol–water partition coefficient (Wildman–Crippen LogP) is -0.0828. The molecule has 0 spiro atoms. The summed E-state index contributed by atoms with van der Waals surface area (Å²) in [7, 11) is 3.35. The molecule has 0 amide bonds. The molecule has 1 aliphatic heterocycles. The fourth-order valence-electron chi connectivity index (χ4n) is 2.84. The molecule has 1 aliphatic carbocycles. The van der Waals surface area contributed by atoms with Crippen molar-refractivity contribution in [2.24, 2.45) is 11.8 Å². The number of nitrogens with zero attached hydrogens (tertiary/aromatic N) is 3. The highest BCUT2D eigenvalue weighted by molar-refractivity contribution is 5.86. The zero-order valence-electron chi connectivity index (χ0n) is 10.5. The summed E-state index contributed by atoms with van der Waals surface area (Å²) in [6, 6.07) is 0.670. The molecular formula is C12H16N4O2. The van der Waals surface area contributed by atoms with Crippen molar-refractivity contribution in [2.45, 2.75) is 6.04 Å². The van der Waals surface area contributed by atoms with Crippen molar-refractivity contribution in [1.29, 1.82) is 0 Å². The van der Waals surface area contributed by atoms with Gasteiger partial charge >= 0.3 is 5.97 Å². The van der Waals surface area contributed by atoms with E-state index in [-0.39, 0.29) is 5.69 Å². The number of esters is 1. The predicted molar refractivity (Wildman–Crippen MR) is 65.4 cm³/mol. The minimum atomic E-state index is -0.450. The van der Waals surface area contributed by atoms with E-state index >= 15 is 0 Å². The number of methoxy groups -OCH3 is 1. The highest BCUT2D eigenvalue weighted by Crippen LogP contribution is 2.46. The number of hydrogen-bond acceptors (Lipinski definition) is 6. The van der Waals surface area contributed by atoms with Crippen molar-refractivity contribution >= 4 is 11.8 Å². The van der Waals surface area contributed by atoms with Crippen LogP contribution >= 0.6 is 0 Å². The van der Waals surface area contributed by atoms with Crippen LogP contribution in [0.25, 0.3) is 0 Å². The average molecular weight is 248 g/mol. The molecule has 96 valence electrons. The number of piperidine rings is 1. The van der Waals surface area contributed by atoms with Gasteiger partial charge in [0.05, 0.1) is 19.5 Å². The van der Waals surface area contributed by atoms with Crippen molar-refractivity contribution in [3.63, 3.8) is 0 Å². The maximum atomic E-state index is 11.2. The van der Waals surface area contributed by atoms with Crippen LogP contribution in [0.2, 0.25) is 0 Å². The fraction of sp³-hybridized carbons (Fsp3) is 0.583. The minimum absolute atomic E-state index is 0.249. The molecule has 0 radical (unpaired) electrons. The Morgan fingerprint density at radius 3 is 2.61 bits per heavy atom. The van der Waals surface area contributed by atoms with Gasteiger partial charge in [-0.3, -0.25) is 0 Å². The Balaban J connectivity index is 1.66. The van der Waals surface area contributed by atoms with Crippen LogP contribution in [0, 0.1) is 11.8 Å². The normalized spacial score (nSPS) is 29.0. The minimum Gasteiger partial charge on any atom is -0.464 e. The summed E-state index contributed by atoms with van der Waals surface area (Å²) in [6.07, 6.45) is 3.12. The molecule has 3 rings (SSSR count). The Kier molecular flexibility index (Phi) is 2.66. The Morgan fingerprint density at radius 1 is 1.39 bits per heavy atom. The van der Waals surface area contributed by atoms with Crippen molar-refractivity contribution in [3.8, 4) is 0 Å². The number of aromatic nitrogens is 2. The zero-order chi connectivity index (χ0) is 12.7. The van der Waals surface area contributed by atoms with Gasteiger partial charge in [-0.05, 0) is 18.9 Å². The molecule has 2 heterocycles. The second-order valence-electron chi connectivity index (χ2n) is 4.80. The number of carbonyl (C=O) groups excluding carboxylic acids is 1. The second kappa shape index (κ2) is 4.20. The first-order valence-electron chi connectivity index (χ1n) is 6.07. The maximum absolute atomic E-state index is 11.2. The summed E-state index contributed by atoms with van der Waals surface area (Å²) in [4.78, 5) is 21.8. The summed E-state index contributed by atoms with van der Waals surface area (Å²) in [6.45, 7) is 2.03. The van der Waals surface area contributed by atoms with E-state index in [2.05, 4.69) is 24.9 Å². The lowest BCUT2D eigenvalue weighted by atomic mass is 10.4. The van der Waals surface area contributed by atoms with Gasteiger partial charge in [-0.1, -0.05) is 0 Å². The molecular weight excluding hydrogens is 232 g/mol. The van der Waals surface area contributed by atoms with Crippen LogP contribution in [-0.2, 0) is 4.74 Å². The first-order valence-corrected chi connectivity index (χ1v) is 6.07. The molecule has 0 aromatic carbocycles. The molecule has 2 unspecified atom stereocenters. The number of ether oxygens (including phenoxy) is 1. The molecule has 0 bridgehead atoms. The topological polar surface area (TPSA) is 67.4 Å². The third-order valence-corrected chi connectivity index (χ3v) is 3.88. The summed E-state index contributed by atoms with van der Waals surface area (Å²) in [5.74, 6) is 1.85. The van der Waals surface area contributed by atoms with E-state index in [1.807, 2.05) is 7.05 Å². The van der Waals surface area contributed by atoms with Gasteiger partial charge in [-0.15, -0.1) is 0 Å². The largest absolute Gasteiger partial charge is 0.464 e. The van der Waals surface area contributed by atoms with Gasteiger partial charge in [0.2, 0.25) is 0 Å². The molecule has 1 aromatic heterocycles. The van der Waals surface area contributed by atoms with Gasteiger partial charge in [0.15, 0.2) is 5.69 Å². The molecule has 6 nitrogen and oxygen atoms in total. The third kappa shape index (κ3) is 1.73. The van der Waals surface area contributed by atoms with E-state index in [0.717, 1.165) is 30.7 Å². The van der Waals surface area contributed by atoms with Crippen molar-refractivity contribution < 1.29 is 9.53 Å². The van der Waals surface area contributed by atoms with E-state index in [0.29, 0.717) is 6.04 Å². The molecule has 1 saturated heterocycles. The monoisotopic (exact) mass is 248 g/mol. The number of anilines is 1. The number of fused-ring (bicyclic) bond motifs is 1. The van der Waals surface area contributed by atoms with Crippen molar-refractivity contribution in [2.75, 3.05) is 32.1 Å². The second-order valence-corrected chi connectivity index (χ2v) is 4.80. The molecule has 18 heavy (non-hydrogen) atoms. The summed E-state index contributed by atoms with van der Waals surface area (Å²) < 4.78 is 4.59. The Morgan fingerprint density at radius 2 is 2.11 bits per heavy atom. The van der Waals surface area contributed by atoms with Crippen LogP contribution < -0.4 is 10.2 Å². The Labute approximate surface area is 105 Å². The molecule has 6 heteroatoms. The summed E-state index contributed by atoms with van der Waals surface area (Å²) in [5.41, 5.74) is 0.249. The van der Waals surface area contributed by atoms with Crippen LogP contribution in [0.5, 0.6) is 0 Å². The SMILES string of the molecule is CNC1C2CN(c3cnc(C(=O)OC)cn3)CC21. The van der Waals surface area contributed by atoms with Gasteiger partial charge in [0, 0.05) is 19.1 Å². The van der Waals surface area contributed by atoms with E-state index in [1.165, 1.54) is 13.3 Å². The molecule has 2 atom stereocenters. The van der Waals surface area contributed by atoms with Gasteiger partial charge in [0.25, 0.3) is 0 Å². The number of hydrogen-bond donors (Lipinski definition) is 1. The van der Waals surface area contributed by atoms with Gasteiger partial charge in [0.1, 0.15) is 5.82 Å². The molecule has 2 aliphatic rings. The van der Waals surface area contributed by atoms with Gasteiger partial charge in [-0.2, -0.15) is 0 Å². The maximum Gasteiger partial charge on any atom is 0.358 e. The van der Waals surface area contributed by atoms with Crippen LogP contribution in [0.3, 0.4) is 0 Å². The molecule has 1 N–H and O–H groups in total. The highest BCUT2D eigenvalue weighted by Gasteiger charge is 2.55. The van der Waals surface area contributed by atoms with E-state index in [4.69, 9.17) is 0 Å². The lowest BCUT2D eigenvalue weighted by molar-refractivity contribution is 0.0593. The smallest absolute Gasteiger partial charge is 0.358 e. The number of nitrogens with one attached hydrogen (secondary N) is 1. The quantitative estimate of drug-likeness (QED) is 0.755. The van der Waals surface area contributed by atoms with E-state index < -0.39 is 5.97 Å². The van der Waals surface area contributed by atoms with E-state index in [9.17, 15) is 4.79 Å². The Bertz CT molecular complexity index is 450. The van der Waals surface area contributed by atoms with Crippen LogP contribution in [0.1, 0.15) is 10.5 Å². The zero-order valence-corrected chi connectivity index (χ0v) is 10.5. The van der Waals surface area contributed by atoms with Gasteiger partial charge in [-0.25, -0.2) is 14.8 Å². The standard InChI is InChI=1S/C12H16N4O2/c1-13-11-7-5-16(6-8(7)11)10-4-14-9(3-15-10)12(17)18-2/h3-4,7-8,11,13H,5-6H2,1-2H3. The number of carbonyl (C=O) groups is 1.